The molecule has 17 heavy (non-hydrogen) atoms. The monoisotopic (exact) mass is 258 g/mol. The van der Waals surface area contributed by atoms with Gasteiger partial charge >= 0.3 is 0 Å². The van der Waals surface area contributed by atoms with E-state index in [0.717, 1.165) is 0 Å². The Kier molecular flexibility index (Phi) is 3.23. The summed E-state index contributed by atoms with van der Waals surface area (Å²) in [5.41, 5.74) is 1.05. The predicted molar refractivity (Wildman–Crippen MR) is 62.9 cm³/mol. The maximum absolute atomic E-state index is 13.1. The number of benzene rings is 1. The maximum Gasteiger partial charge on any atom is 0.150 e. The fourth-order valence-corrected chi connectivity index (χ4v) is 4.03. The largest absolute Gasteiger partial charge is 0.388 e. The number of rotatable bonds is 2. The second-order valence-corrected chi connectivity index (χ2v) is 6.85. The number of hydrogen-bond acceptors (Lipinski definition) is 3. The van der Waals surface area contributed by atoms with Gasteiger partial charge in [-0.05, 0) is 30.5 Å². The van der Waals surface area contributed by atoms with E-state index in [2.05, 4.69) is 0 Å². The van der Waals surface area contributed by atoms with Gasteiger partial charge in [-0.15, -0.1) is 0 Å². The number of hydrogen-bond donors (Lipinski definition) is 1. The summed E-state index contributed by atoms with van der Waals surface area (Å²) in [4.78, 5) is 0. The highest BCUT2D eigenvalue weighted by atomic mass is 32.2. The van der Waals surface area contributed by atoms with E-state index in [9.17, 15) is 17.9 Å². The number of aliphatic hydroxyl groups excluding tert-OH is 1. The number of aryl methyl sites for hydroxylation is 1. The maximum atomic E-state index is 13.1. The van der Waals surface area contributed by atoms with Crippen molar-refractivity contribution in [1.29, 1.82) is 0 Å². The number of aliphatic hydroxyl groups is 1. The third-order valence-electron chi connectivity index (χ3n) is 3.24. The molecule has 5 heteroatoms. The van der Waals surface area contributed by atoms with Crippen LogP contribution in [0.5, 0.6) is 0 Å². The van der Waals surface area contributed by atoms with E-state index in [0.29, 0.717) is 17.5 Å². The average molecular weight is 258 g/mol. The molecule has 2 atom stereocenters. The Morgan fingerprint density at radius 3 is 2.71 bits per heavy atom. The quantitative estimate of drug-likeness (QED) is 0.876. The van der Waals surface area contributed by atoms with Crippen molar-refractivity contribution in [1.82, 2.24) is 0 Å². The first-order chi connectivity index (χ1) is 7.89. The van der Waals surface area contributed by atoms with Gasteiger partial charge in [0.15, 0.2) is 9.84 Å². The Morgan fingerprint density at radius 2 is 2.18 bits per heavy atom. The lowest BCUT2D eigenvalue weighted by Crippen LogP contribution is -2.14. The van der Waals surface area contributed by atoms with Crippen LogP contribution >= 0.6 is 0 Å². The highest BCUT2D eigenvalue weighted by Gasteiger charge is 2.33. The zero-order chi connectivity index (χ0) is 12.6. The molecule has 1 aliphatic rings. The van der Waals surface area contributed by atoms with Gasteiger partial charge in [0.05, 0.1) is 17.6 Å². The van der Waals surface area contributed by atoms with E-state index in [-0.39, 0.29) is 23.2 Å². The SMILES string of the molecule is Cc1cc(C(O)C2CCS(=O)(=O)C2)ccc1F. The lowest BCUT2D eigenvalue weighted by atomic mass is 9.94. The minimum Gasteiger partial charge on any atom is -0.388 e. The number of sulfone groups is 1. The van der Waals surface area contributed by atoms with E-state index in [1.54, 1.807) is 13.0 Å². The van der Waals surface area contributed by atoms with Crippen LogP contribution in [-0.2, 0) is 9.84 Å². The lowest BCUT2D eigenvalue weighted by molar-refractivity contribution is 0.121. The minimum atomic E-state index is -3.00. The Morgan fingerprint density at radius 1 is 1.47 bits per heavy atom. The van der Waals surface area contributed by atoms with Gasteiger partial charge in [0.1, 0.15) is 5.82 Å². The smallest absolute Gasteiger partial charge is 0.150 e. The topological polar surface area (TPSA) is 54.4 Å². The molecule has 1 fully saturated rings. The number of halogens is 1. The van der Waals surface area contributed by atoms with Crippen LogP contribution in [0, 0.1) is 18.7 Å². The summed E-state index contributed by atoms with van der Waals surface area (Å²) < 4.78 is 35.7. The molecule has 0 amide bonds. The normalized spacial score (nSPS) is 24.8. The fraction of sp³-hybridized carbons (Fsp3) is 0.500. The molecule has 2 unspecified atom stereocenters. The molecule has 0 aromatic heterocycles. The zero-order valence-corrected chi connectivity index (χ0v) is 10.4. The van der Waals surface area contributed by atoms with Gasteiger partial charge in [-0.2, -0.15) is 0 Å². The Balaban J connectivity index is 2.20. The molecule has 1 heterocycles. The van der Waals surface area contributed by atoms with Crippen molar-refractivity contribution in [2.45, 2.75) is 19.4 Å². The third-order valence-corrected chi connectivity index (χ3v) is 5.03. The summed E-state index contributed by atoms with van der Waals surface area (Å²) in [7, 11) is -3.00. The van der Waals surface area contributed by atoms with Gasteiger partial charge < -0.3 is 5.11 Å². The van der Waals surface area contributed by atoms with Crippen LogP contribution in [0.3, 0.4) is 0 Å². The molecule has 3 nitrogen and oxygen atoms in total. The van der Waals surface area contributed by atoms with Crippen molar-refractivity contribution >= 4 is 9.84 Å². The minimum absolute atomic E-state index is 0.0184. The Hall–Kier alpha value is -0.940. The van der Waals surface area contributed by atoms with E-state index in [1.165, 1.54) is 12.1 Å². The molecule has 1 aromatic carbocycles. The molecular weight excluding hydrogens is 243 g/mol. The van der Waals surface area contributed by atoms with Crippen LogP contribution in [0.1, 0.15) is 23.7 Å². The molecule has 94 valence electrons. The predicted octanol–water partition coefficient (Wildman–Crippen LogP) is 1.60. The molecule has 2 rings (SSSR count). The summed E-state index contributed by atoms with van der Waals surface area (Å²) in [6.45, 7) is 1.62. The summed E-state index contributed by atoms with van der Waals surface area (Å²) in [6.07, 6.45) is -0.355. The van der Waals surface area contributed by atoms with E-state index >= 15 is 0 Å². The molecule has 1 aromatic rings. The summed E-state index contributed by atoms with van der Waals surface area (Å²) >= 11 is 0. The van der Waals surface area contributed by atoms with E-state index in [1.807, 2.05) is 0 Å². The van der Waals surface area contributed by atoms with Crippen molar-refractivity contribution < 1.29 is 17.9 Å². The van der Waals surface area contributed by atoms with Crippen LogP contribution in [0.15, 0.2) is 18.2 Å². The summed E-state index contributed by atoms with van der Waals surface area (Å²) in [5, 5.41) is 10.1. The first kappa shape index (κ1) is 12.5. The first-order valence-electron chi connectivity index (χ1n) is 5.53. The van der Waals surface area contributed by atoms with E-state index in [4.69, 9.17) is 0 Å². The first-order valence-corrected chi connectivity index (χ1v) is 7.36. The summed E-state index contributed by atoms with van der Waals surface area (Å²) in [5.74, 6) is -0.440. The third kappa shape index (κ3) is 2.66. The van der Waals surface area contributed by atoms with E-state index < -0.39 is 15.9 Å². The molecule has 1 N–H and O–H groups in total. The Labute approximate surface area is 100 Å². The molecule has 0 radical (unpaired) electrons. The summed E-state index contributed by atoms with van der Waals surface area (Å²) in [6, 6.07) is 4.39. The molecule has 1 aliphatic heterocycles. The van der Waals surface area contributed by atoms with Crippen LogP contribution in [-0.4, -0.2) is 25.0 Å². The molecular formula is C12H15FO3S. The van der Waals surface area contributed by atoms with Crippen LogP contribution in [0.2, 0.25) is 0 Å². The highest BCUT2D eigenvalue weighted by molar-refractivity contribution is 7.91. The highest BCUT2D eigenvalue weighted by Crippen LogP contribution is 2.31. The van der Waals surface area contributed by atoms with Crippen molar-refractivity contribution in [3.8, 4) is 0 Å². The van der Waals surface area contributed by atoms with Gasteiger partial charge in [0, 0.05) is 5.92 Å². The van der Waals surface area contributed by atoms with Crippen LogP contribution < -0.4 is 0 Å². The standard InChI is InChI=1S/C12H15FO3S/c1-8-6-9(2-3-11(8)13)12(14)10-4-5-17(15,16)7-10/h2-3,6,10,12,14H,4-5,7H2,1H3. The van der Waals surface area contributed by atoms with Gasteiger partial charge in [-0.1, -0.05) is 12.1 Å². The molecule has 0 spiro atoms. The van der Waals surface area contributed by atoms with Crippen molar-refractivity contribution in [3.63, 3.8) is 0 Å². The fourth-order valence-electron chi connectivity index (χ4n) is 2.20. The molecule has 0 aliphatic carbocycles. The average Bonchev–Trinajstić information content (AvgIpc) is 2.62. The van der Waals surface area contributed by atoms with Gasteiger partial charge in [-0.3, -0.25) is 0 Å². The molecule has 0 bridgehead atoms. The van der Waals surface area contributed by atoms with Gasteiger partial charge in [0.2, 0.25) is 0 Å². The van der Waals surface area contributed by atoms with Crippen LogP contribution in [0.25, 0.3) is 0 Å². The van der Waals surface area contributed by atoms with Crippen molar-refractivity contribution in [2.75, 3.05) is 11.5 Å². The van der Waals surface area contributed by atoms with Gasteiger partial charge in [0.25, 0.3) is 0 Å². The molecule has 0 saturated carbocycles. The second kappa shape index (κ2) is 4.38. The van der Waals surface area contributed by atoms with Crippen molar-refractivity contribution in [3.05, 3.63) is 35.1 Å². The Bertz CT molecular complexity index is 525. The lowest BCUT2D eigenvalue weighted by Gasteiger charge is -2.17. The van der Waals surface area contributed by atoms with Crippen molar-refractivity contribution in [2.24, 2.45) is 5.92 Å². The van der Waals surface area contributed by atoms with Crippen LogP contribution in [0.4, 0.5) is 4.39 Å². The zero-order valence-electron chi connectivity index (χ0n) is 9.56. The van der Waals surface area contributed by atoms with Gasteiger partial charge in [-0.25, -0.2) is 12.8 Å². The molecule has 1 saturated heterocycles. The second-order valence-electron chi connectivity index (χ2n) is 4.62.